The van der Waals surface area contributed by atoms with Crippen molar-refractivity contribution in [2.45, 2.75) is 6.54 Å². The summed E-state index contributed by atoms with van der Waals surface area (Å²) in [6.45, 7) is 2.53. The lowest BCUT2D eigenvalue weighted by Gasteiger charge is -2.10. The van der Waals surface area contributed by atoms with Crippen molar-refractivity contribution < 1.29 is 14.6 Å². The number of benzene rings is 1. The van der Waals surface area contributed by atoms with E-state index in [9.17, 15) is 0 Å². The van der Waals surface area contributed by atoms with E-state index < -0.39 is 0 Å². The van der Waals surface area contributed by atoms with Crippen molar-refractivity contribution in [3.8, 4) is 5.75 Å². The van der Waals surface area contributed by atoms with E-state index in [-0.39, 0.29) is 19.0 Å². The number of nitrogens with one attached hydrogen (secondary N) is 1. The van der Waals surface area contributed by atoms with Crippen molar-refractivity contribution in [2.24, 2.45) is 0 Å². The van der Waals surface area contributed by atoms with E-state index in [1.165, 1.54) is 0 Å². The van der Waals surface area contributed by atoms with Gasteiger partial charge in [0.2, 0.25) is 0 Å². The summed E-state index contributed by atoms with van der Waals surface area (Å²) in [6.07, 6.45) is 0. The largest absolute Gasteiger partial charge is 0.496 e. The Balaban J connectivity index is 0.00000289. The Morgan fingerprint density at radius 3 is 2.78 bits per heavy atom. The van der Waals surface area contributed by atoms with Crippen LogP contribution in [0.4, 0.5) is 0 Å². The highest BCUT2D eigenvalue weighted by atomic mass is 79.9. The average molecular weight is 341 g/mol. The molecule has 4 nitrogen and oxygen atoms in total. The van der Waals surface area contributed by atoms with Crippen LogP contribution < -0.4 is 10.1 Å². The van der Waals surface area contributed by atoms with E-state index in [0.717, 1.165) is 28.9 Å². The third-order valence-electron chi connectivity index (χ3n) is 2.22. The van der Waals surface area contributed by atoms with Gasteiger partial charge in [-0.1, -0.05) is 15.9 Å². The van der Waals surface area contributed by atoms with Crippen molar-refractivity contribution >= 4 is 28.3 Å². The maximum Gasteiger partial charge on any atom is 0.123 e. The molecule has 0 radical (unpaired) electrons. The van der Waals surface area contributed by atoms with Gasteiger partial charge in [-0.2, -0.15) is 0 Å². The molecule has 0 aromatic heterocycles. The van der Waals surface area contributed by atoms with Crippen LogP contribution in [0.1, 0.15) is 5.56 Å². The normalized spacial score (nSPS) is 9.94. The lowest BCUT2D eigenvalue weighted by molar-refractivity contribution is 0.0938. The topological polar surface area (TPSA) is 50.7 Å². The molecule has 18 heavy (non-hydrogen) atoms. The standard InChI is InChI=1S/C12H18BrNO3.ClH/c1-16-12-3-2-11(13)8-10(12)9-14-4-6-17-7-5-15;/h2-3,8,14-15H,4-7,9H2,1H3;1H. The van der Waals surface area contributed by atoms with E-state index in [2.05, 4.69) is 21.2 Å². The zero-order valence-electron chi connectivity index (χ0n) is 10.3. The summed E-state index contributed by atoms with van der Waals surface area (Å²) >= 11 is 3.43. The fraction of sp³-hybridized carbons (Fsp3) is 0.500. The first-order valence-corrected chi connectivity index (χ1v) is 6.29. The first-order chi connectivity index (χ1) is 8.27. The third-order valence-corrected chi connectivity index (χ3v) is 2.71. The second-order valence-electron chi connectivity index (χ2n) is 3.47. The number of halogens is 2. The number of rotatable bonds is 8. The summed E-state index contributed by atoms with van der Waals surface area (Å²) in [6, 6.07) is 5.91. The Labute approximate surface area is 122 Å². The zero-order valence-corrected chi connectivity index (χ0v) is 12.7. The number of hydrogen-bond donors (Lipinski definition) is 2. The first kappa shape index (κ1) is 17.7. The van der Waals surface area contributed by atoms with E-state index in [4.69, 9.17) is 14.6 Å². The van der Waals surface area contributed by atoms with Crippen LogP contribution in [0.15, 0.2) is 22.7 Å². The van der Waals surface area contributed by atoms with E-state index >= 15 is 0 Å². The molecule has 0 spiro atoms. The fourth-order valence-corrected chi connectivity index (χ4v) is 1.83. The van der Waals surface area contributed by atoms with Crippen LogP contribution in [0, 0.1) is 0 Å². The molecule has 2 N–H and O–H groups in total. The molecule has 1 rings (SSSR count). The van der Waals surface area contributed by atoms with Crippen LogP contribution in [0.5, 0.6) is 5.75 Å². The lowest BCUT2D eigenvalue weighted by atomic mass is 10.2. The zero-order chi connectivity index (χ0) is 12.5. The predicted molar refractivity (Wildman–Crippen MR) is 77.6 cm³/mol. The molecule has 0 bridgehead atoms. The lowest BCUT2D eigenvalue weighted by Crippen LogP contribution is -2.20. The molecule has 0 saturated heterocycles. The summed E-state index contributed by atoms with van der Waals surface area (Å²) in [7, 11) is 1.66. The van der Waals surface area contributed by atoms with Gasteiger partial charge >= 0.3 is 0 Å². The summed E-state index contributed by atoms with van der Waals surface area (Å²) in [5.41, 5.74) is 1.10. The van der Waals surface area contributed by atoms with Crippen molar-refractivity contribution in [3.05, 3.63) is 28.2 Å². The number of hydrogen-bond acceptors (Lipinski definition) is 4. The summed E-state index contributed by atoms with van der Waals surface area (Å²) in [4.78, 5) is 0. The van der Waals surface area contributed by atoms with E-state index in [0.29, 0.717) is 13.2 Å². The molecule has 0 saturated carbocycles. The van der Waals surface area contributed by atoms with E-state index in [1.54, 1.807) is 7.11 Å². The summed E-state index contributed by atoms with van der Waals surface area (Å²) < 4.78 is 11.5. The summed E-state index contributed by atoms with van der Waals surface area (Å²) in [5, 5.41) is 11.8. The van der Waals surface area contributed by atoms with Gasteiger partial charge < -0.3 is 19.9 Å². The van der Waals surface area contributed by atoms with Crippen molar-refractivity contribution in [1.82, 2.24) is 5.32 Å². The molecule has 0 aliphatic carbocycles. The van der Waals surface area contributed by atoms with Gasteiger partial charge in [0.1, 0.15) is 5.75 Å². The van der Waals surface area contributed by atoms with Crippen LogP contribution in [-0.2, 0) is 11.3 Å². The number of aliphatic hydroxyl groups excluding tert-OH is 1. The Kier molecular flexibility index (Phi) is 10.4. The minimum Gasteiger partial charge on any atom is -0.496 e. The smallest absolute Gasteiger partial charge is 0.123 e. The van der Waals surface area contributed by atoms with Crippen LogP contribution >= 0.6 is 28.3 Å². The molecule has 0 heterocycles. The predicted octanol–water partition coefficient (Wildman–Crippen LogP) is 1.98. The summed E-state index contributed by atoms with van der Waals surface area (Å²) in [5.74, 6) is 0.872. The molecule has 0 atom stereocenters. The van der Waals surface area contributed by atoms with Crippen molar-refractivity contribution in [3.63, 3.8) is 0 Å². The third kappa shape index (κ3) is 6.56. The number of ether oxygens (including phenoxy) is 2. The molecular weight excluding hydrogens is 321 g/mol. The fourth-order valence-electron chi connectivity index (χ4n) is 1.42. The quantitative estimate of drug-likeness (QED) is 0.711. The maximum atomic E-state index is 8.53. The molecule has 0 aliphatic rings. The molecule has 0 amide bonds. The van der Waals surface area contributed by atoms with Gasteiger partial charge in [-0.25, -0.2) is 0 Å². The highest BCUT2D eigenvalue weighted by molar-refractivity contribution is 9.10. The molecule has 6 heteroatoms. The van der Waals surface area contributed by atoms with Crippen LogP contribution in [-0.4, -0.2) is 38.6 Å². The molecular formula is C12H19BrClNO3. The Morgan fingerprint density at radius 1 is 1.33 bits per heavy atom. The van der Waals surface area contributed by atoms with Gasteiger partial charge in [-0.3, -0.25) is 0 Å². The second-order valence-corrected chi connectivity index (χ2v) is 4.38. The monoisotopic (exact) mass is 339 g/mol. The van der Waals surface area contributed by atoms with Gasteiger partial charge in [0, 0.05) is 23.1 Å². The molecule has 1 aromatic carbocycles. The number of methoxy groups -OCH3 is 1. The first-order valence-electron chi connectivity index (χ1n) is 5.49. The average Bonchev–Trinajstić information content (AvgIpc) is 2.34. The van der Waals surface area contributed by atoms with Gasteiger partial charge in [-0.05, 0) is 18.2 Å². The highest BCUT2D eigenvalue weighted by Gasteiger charge is 2.02. The van der Waals surface area contributed by atoms with Crippen LogP contribution in [0.3, 0.4) is 0 Å². The van der Waals surface area contributed by atoms with Gasteiger partial charge in [0.25, 0.3) is 0 Å². The minimum absolute atomic E-state index is 0. The minimum atomic E-state index is 0. The Hall–Kier alpha value is -0.330. The molecule has 0 aliphatic heterocycles. The molecule has 1 aromatic rings. The van der Waals surface area contributed by atoms with Gasteiger partial charge in [0.05, 0.1) is 26.9 Å². The SMILES string of the molecule is COc1ccc(Br)cc1CNCCOCCO.Cl. The Bertz CT molecular complexity index is 339. The Morgan fingerprint density at radius 2 is 2.11 bits per heavy atom. The van der Waals surface area contributed by atoms with Crippen LogP contribution in [0.25, 0.3) is 0 Å². The van der Waals surface area contributed by atoms with Crippen LogP contribution in [0.2, 0.25) is 0 Å². The van der Waals surface area contributed by atoms with Gasteiger partial charge in [0.15, 0.2) is 0 Å². The van der Waals surface area contributed by atoms with Gasteiger partial charge in [-0.15, -0.1) is 12.4 Å². The molecule has 0 unspecified atom stereocenters. The molecule has 104 valence electrons. The molecule has 0 fully saturated rings. The highest BCUT2D eigenvalue weighted by Crippen LogP contribution is 2.22. The van der Waals surface area contributed by atoms with Crippen molar-refractivity contribution in [2.75, 3.05) is 33.5 Å². The number of aliphatic hydroxyl groups is 1. The maximum absolute atomic E-state index is 8.53. The second kappa shape index (κ2) is 10.6. The van der Waals surface area contributed by atoms with Crippen molar-refractivity contribution in [1.29, 1.82) is 0 Å². The van der Waals surface area contributed by atoms with E-state index in [1.807, 2.05) is 18.2 Å².